The van der Waals surface area contributed by atoms with E-state index in [-0.39, 0.29) is 11.2 Å². The molecule has 1 unspecified atom stereocenters. The molecule has 1 atom stereocenters. The maximum Gasteiger partial charge on any atom is 0.129 e. The number of rotatable bonds is 2. The molecule has 0 nitrogen and oxygen atoms in total. The summed E-state index contributed by atoms with van der Waals surface area (Å²) >= 11 is 12.5. The van der Waals surface area contributed by atoms with Gasteiger partial charge in [0.1, 0.15) is 5.82 Å². The molecule has 100 valence electrons. The summed E-state index contributed by atoms with van der Waals surface area (Å²) in [6.45, 7) is 5.48. The van der Waals surface area contributed by atoms with Gasteiger partial charge in [-0.05, 0) is 60.7 Å². The highest BCUT2D eigenvalue weighted by Crippen LogP contribution is 2.33. The molecular weight excluding hydrogens is 282 g/mol. The van der Waals surface area contributed by atoms with Gasteiger partial charge in [0.15, 0.2) is 0 Å². The fourth-order valence-electron chi connectivity index (χ4n) is 2.23. The quantitative estimate of drug-likeness (QED) is 0.621. The van der Waals surface area contributed by atoms with Gasteiger partial charge in [0, 0.05) is 5.02 Å². The van der Waals surface area contributed by atoms with E-state index in [1.165, 1.54) is 0 Å². The summed E-state index contributed by atoms with van der Waals surface area (Å²) in [6, 6.07) is 9.23. The molecule has 0 amide bonds. The van der Waals surface area contributed by atoms with Crippen molar-refractivity contribution in [2.24, 2.45) is 0 Å². The second kappa shape index (κ2) is 5.52. The Kier molecular flexibility index (Phi) is 4.17. The van der Waals surface area contributed by atoms with E-state index < -0.39 is 0 Å². The van der Waals surface area contributed by atoms with Crippen LogP contribution in [0.4, 0.5) is 4.39 Å². The zero-order valence-electron chi connectivity index (χ0n) is 11.1. The Labute approximate surface area is 123 Å². The lowest BCUT2D eigenvalue weighted by atomic mass is 9.97. The highest BCUT2D eigenvalue weighted by atomic mass is 35.5. The van der Waals surface area contributed by atoms with Gasteiger partial charge in [0.2, 0.25) is 0 Å². The molecule has 0 fully saturated rings. The normalized spacial score (nSPS) is 12.5. The Bertz CT molecular complexity index is 597. The number of benzene rings is 2. The van der Waals surface area contributed by atoms with E-state index in [9.17, 15) is 4.39 Å². The van der Waals surface area contributed by atoms with Crippen LogP contribution in [0.2, 0.25) is 5.02 Å². The molecule has 0 N–H and O–H groups in total. The molecule has 19 heavy (non-hydrogen) atoms. The molecule has 3 heteroatoms. The molecule has 0 saturated heterocycles. The third-order valence-corrected chi connectivity index (χ3v) is 3.98. The predicted octanol–water partition coefficient (Wildman–Crippen LogP) is 5.73. The number of alkyl halides is 1. The summed E-state index contributed by atoms with van der Waals surface area (Å²) in [6.07, 6.45) is 0. The number of aryl methyl sites for hydroxylation is 3. The summed E-state index contributed by atoms with van der Waals surface area (Å²) in [5.41, 5.74) is 4.17. The smallest absolute Gasteiger partial charge is 0.129 e. The molecule has 0 bridgehead atoms. The summed E-state index contributed by atoms with van der Waals surface area (Å²) in [7, 11) is 0. The monoisotopic (exact) mass is 296 g/mol. The van der Waals surface area contributed by atoms with Crippen LogP contribution in [0.1, 0.15) is 33.2 Å². The van der Waals surface area contributed by atoms with Crippen LogP contribution in [-0.2, 0) is 0 Å². The predicted molar refractivity (Wildman–Crippen MR) is 79.8 cm³/mol. The van der Waals surface area contributed by atoms with Crippen LogP contribution < -0.4 is 0 Å². The molecule has 0 aromatic heterocycles. The first-order valence-electron chi connectivity index (χ1n) is 6.07. The van der Waals surface area contributed by atoms with E-state index in [0.29, 0.717) is 16.1 Å². The first kappa shape index (κ1) is 14.4. The molecule has 0 saturated carbocycles. The third kappa shape index (κ3) is 2.93. The minimum absolute atomic E-state index is 0.166. The topological polar surface area (TPSA) is 0 Å². The average molecular weight is 297 g/mol. The second-order valence-corrected chi connectivity index (χ2v) is 5.71. The van der Waals surface area contributed by atoms with Gasteiger partial charge >= 0.3 is 0 Å². The Morgan fingerprint density at radius 3 is 2.05 bits per heavy atom. The fourth-order valence-corrected chi connectivity index (χ4v) is 2.83. The van der Waals surface area contributed by atoms with Gasteiger partial charge in [-0.25, -0.2) is 4.39 Å². The maximum atomic E-state index is 13.6. The molecule has 0 aliphatic carbocycles. The van der Waals surface area contributed by atoms with Crippen molar-refractivity contribution in [2.45, 2.75) is 26.1 Å². The van der Waals surface area contributed by atoms with E-state index >= 15 is 0 Å². The number of hydrogen-bond acceptors (Lipinski definition) is 0. The van der Waals surface area contributed by atoms with Gasteiger partial charge in [-0.2, -0.15) is 0 Å². The van der Waals surface area contributed by atoms with Crippen LogP contribution in [0.15, 0.2) is 30.3 Å². The molecule has 2 rings (SSSR count). The van der Waals surface area contributed by atoms with E-state index in [4.69, 9.17) is 23.2 Å². The lowest BCUT2D eigenvalue weighted by Gasteiger charge is -2.15. The first-order chi connectivity index (χ1) is 8.90. The van der Waals surface area contributed by atoms with Gasteiger partial charge in [0.25, 0.3) is 0 Å². The molecule has 2 aromatic carbocycles. The van der Waals surface area contributed by atoms with Gasteiger partial charge in [-0.15, -0.1) is 11.6 Å². The van der Waals surface area contributed by atoms with Crippen LogP contribution >= 0.6 is 23.2 Å². The van der Waals surface area contributed by atoms with Crippen molar-refractivity contribution in [3.05, 3.63) is 69.0 Å². The molecule has 2 aromatic rings. The second-order valence-electron chi connectivity index (χ2n) is 4.83. The average Bonchev–Trinajstić information content (AvgIpc) is 2.34. The van der Waals surface area contributed by atoms with E-state index in [1.54, 1.807) is 26.0 Å². The summed E-state index contributed by atoms with van der Waals surface area (Å²) < 4.78 is 13.6. The standard InChI is InChI=1S/C16H15Cl2F/c1-9-8-13(17)4-5-14(9)15(18)12-6-10(2)16(19)11(3)7-12/h4-8,15H,1-3H3. The lowest BCUT2D eigenvalue weighted by molar-refractivity contribution is 0.608. The van der Waals surface area contributed by atoms with E-state index in [1.807, 2.05) is 25.1 Å². The largest absolute Gasteiger partial charge is 0.206 e. The molecule has 0 radical (unpaired) electrons. The van der Waals surface area contributed by atoms with E-state index in [2.05, 4.69) is 0 Å². The zero-order valence-corrected chi connectivity index (χ0v) is 12.6. The number of halogens is 3. The molecule has 0 aliphatic heterocycles. The van der Waals surface area contributed by atoms with Crippen LogP contribution in [0.3, 0.4) is 0 Å². The van der Waals surface area contributed by atoms with Gasteiger partial charge < -0.3 is 0 Å². The van der Waals surface area contributed by atoms with Crippen molar-refractivity contribution in [3.8, 4) is 0 Å². The fraction of sp³-hybridized carbons (Fsp3) is 0.250. The summed E-state index contributed by atoms with van der Waals surface area (Å²) in [5.74, 6) is -0.166. The highest BCUT2D eigenvalue weighted by Gasteiger charge is 2.15. The molecule has 0 aliphatic rings. The Morgan fingerprint density at radius 1 is 0.947 bits per heavy atom. The van der Waals surface area contributed by atoms with E-state index in [0.717, 1.165) is 16.7 Å². The van der Waals surface area contributed by atoms with Crippen molar-refractivity contribution >= 4 is 23.2 Å². The molecule has 0 spiro atoms. The van der Waals surface area contributed by atoms with Gasteiger partial charge in [-0.3, -0.25) is 0 Å². The third-order valence-electron chi connectivity index (χ3n) is 3.26. The molecular formula is C16H15Cl2F. The SMILES string of the molecule is Cc1cc(Cl)ccc1C(Cl)c1cc(C)c(F)c(C)c1. The maximum absolute atomic E-state index is 13.6. The summed E-state index contributed by atoms with van der Waals surface area (Å²) in [4.78, 5) is 0. The van der Waals surface area contributed by atoms with Crippen molar-refractivity contribution in [1.29, 1.82) is 0 Å². The van der Waals surface area contributed by atoms with Crippen molar-refractivity contribution < 1.29 is 4.39 Å². The van der Waals surface area contributed by atoms with Crippen LogP contribution in [0, 0.1) is 26.6 Å². The Hall–Kier alpha value is -1.05. The van der Waals surface area contributed by atoms with Gasteiger partial charge in [-0.1, -0.05) is 29.8 Å². The first-order valence-corrected chi connectivity index (χ1v) is 6.88. The van der Waals surface area contributed by atoms with Crippen LogP contribution in [-0.4, -0.2) is 0 Å². The Morgan fingerprint density at radius 2 is 1.53 bits per heavy atom. The van der Waals surface area contributed by atoms with Crippen molar-refractivity contribution in [2.75, 3.05) is 0 Å². The van der Waals surface area contributed by atoms with Crippen molar-refractivity contribution in [1.82, 2.24) is 0 Å². The van der Waals surface area contributed by atoms with Crippen LogP contribution in [0.5, 0.6) is 0 Å². The zero-order chi connectivity index (χ0) is 14.2. The van der Waals surface area contributed by atoms with Crippen LogP contribution in [0.25, 0.3) is 0 Å². The van der Waals surface area contributed by atoms with Gasteiger partial charge in [0.05, 0.1) is 5.38 Å². The van der Waals surface area contributed by atoms with Crippen molar-refractivity contribution in [3.63, 3.8) is 0 Å². The Balaban J connectivity index is 2.47. The minimum atomic E-state index is -0.296. The molecule has 0 heterocycles. The summed E-state index contributed by atoms with van der Waals surface area (Å²) in [5, 5.41) is 0.395. The highest BCUT2D eigenvalue weighted by molar-refractivity contribution is 6.30. The minimum Gasteiger partial charge on any atom is -0.206 e. The number of hydrogen-bond donors (Lipinski definition) is 0. The lowest BCUT2D eigenvalue weighted by Crippen LogP contribution is -1.99.